The quantitative estimate of drug-likeness (QED) is 0.501. The summed E-state index contributed by atoms with van der Waals surface area (Å²) in [6, 6.07) is 6.32. The Morgan fingerprint density at radius 3 is 1.73 bits per heavy atom. The summed E-state index contributed by atoms with van der Waals surface area (Å²) in [7, 11) is 0. The molecule has 50 valence electrons. The van der Waals surface area contributed by atoms with Gasteiger partial charge < -0.3 is 0 Å². The van der Waals surface area contributed by atoms with Crippen LogP contribution < -0.4 is 0 Å². The van der Waals surface area contributed by atoms with Gasteiger partial charge in [0.05, 0.1) is 12.1 Å². The predicted octanol–water partition coefficient (Wildman–Crippen LogP) is 0.623. The normalized spacial score (nSPS) is 6.64. The molecule has 0 radical (unpaired) electrons. The minimum Gasteiger partial charge on any atom is -0.197 e. The summed E-state index contributed by atoms with van der Waals surface area (Å²) in [5.74, 6) is -1.01. The van der Waals surface area contributed by atoms with Crippen molar-refractivity contribution in [2.75, 3.05) is 0 Å². The van der Waals surface area contributed by atoms with Crippen LogP contribution in [0.3, 0.4) is 0 Å². The van der Waals surface area contributed by atoms with Gasteiger partial charge in [0.25, 0.3) is 0 Å². The van der Waals surface area contributed by atoms with Gasteiger partial charge in [-0.15, -0.1) is 0 Å². The molecule has 0 aliphatic heterocycles. The van der Waals surface area contributed by atoms with E-state index in [-0.39, 0.29) is 5.57 Å². The molecule has 0 aromatic heterocycles. The molecule has 0 heterocycles. The topological polar surface area (TPSA) is 95.2 Å². The Morgan fingerprint density at radius 2 is 1.45 bits per heavy atom. The summed E-state index contributed by atoms with van der Waals surface area (Å²) in [6.45, 7) is 0. The molecule has 0 unspecified atom stereocenters. The third-order valence-corrected chi connectivity index (χ3v) is 0.852. The van der Waals surface area contributed by atoms with Crippen molar-refractivity contribution < 1.29 is 0 Å². The number of nitrogens with zero attached hydrogens (tertiary/aromatic N) is 4. The van der Waals surface area contributed by atoms with Crippen LogP contribution >= 0.6 is 0 Å². The lowest BCUT2D eigenvalue weighted by Crippen LogP contribution is -1.87. The van der Waals surface area contributed by atoms with Crippen LogP contribution in [0.1, 0.15) is 0 Å². The molecule has 0 atom stereocenters. The first-order valence-electron chi connectivity index (χ1n) is 2.59. The highest BCUT2D eigenvalue weighted by atomic mass is 14.3. The van der Waals surface area contributed by atoms with Gasteiger partial charge in [-0.3, -0.25) is 0 Å². The van der Waals surface area contributed by atoms with Gasteiger partial charge in [-0.05, 0) is 6.08 Å². The second kappa shape index (κ2) is 4.57. The van der Waals surface area contributed by atoms with Crippen LogP contribution in [0.25, 0.3) is 0 Å². The fourth-order valence-electron chi connectivity index (χ4n) is 0.370. The minimum atomic E-state index is -1.01. The fraction of sp³-hybridized carbons (Fsp3) is 0.143. The summed E-state index contributed by atoms with van der Waals surface area (Å²) >= 11 is 0. The van der Waals surface area contributed by atoms with Crippen LogP contribution in [0.2, 0.25) is 0 Å². The second-order valence-corrected chi connectivity index (χ2v) is 1.54. The molecule has 0 saturated heterocycles. The van der Waals surface area contributed by atoms with Crippen LogP contribution in [0, 0.1) is 51.2 Å². The summed E-state index contributed by atoms with van der Waals surface area (Å²) in [6.07, 6.45) is 1.03. The van der Waals surface area contributed by atoms with Crippen LogP contribution in [-0.4, -0.2) is 0 Å². The van der Waals surface area contributed by atoms with Gasteiger partial charge in [0, 0.05) is 0 Å². The molecule has 4 nitrogen and oxygen atoms in total. The third kappa shape index (κ3) is 2.66. The van der Waals surface area contributed by atoms with Crippen molar-refractivity contribution in [3.63, 3.8) is 0 Å². The molecule has 0 aliphatic rings. The van der Waals surface area contributed by atoms with E-state index in [4.69, 9.17) is 21.0 Å². The monoisotopic (exact) mass is 142 g/mol. The molecule has 0 bridgehead atoms. The Kier molecular flexibility index (Phi) is 3.61. The lowest BCUT2D eigenvalue weighted by atomic mass is 10.1. The highest BCUT2D eigenvalue weighted by Crippen LogP contribution is 1.99. The first-order valence-corrected chi connectivity index (χ1v) is 2.59. The molecular weight excluding hydrogens is 140 g/mol. The van der Waals surface area contributed by atoms with E-state index in [0.29, 0.717) is 0 Å². The molecule has 0 spiro atoms. The minimum absolute atomic E-state index is 0.210. The van der Waals surface area contributed by atoms with E-state index in [9.17, 15) is 0 Å². The highest BCUT2D eigenvalue weighted by molar-refractivity contribution is 5.37. The van der Waals surface area contributed by atoms with Gasteiger partial charge in [0.2, 0.25) is 0 Å². The van der Waals surface area contributed by atoms with Crippen molar-refractivity contribution in [3.05, 3.63) is 11.6 Å². The Balaban J connectivity index is 4.62. The molecule has 0 aromatic rings. The predicted molar refractivity (Wildman–Crippen MR) is 34.0 cm³/mol. The van der Waals surface area contributed by atoms with E-state index in [1.807, 2.05) is 0 Å². The molecule has 0 saturated carbocycles. The lowest BCUT2D eigenvalue weighted by Gasteiger charge is -1.84. The van der Waals surface area contributed by atoms with Crippen molar-refractivity contribution in [1.82, 2.24) is 0 Å². The van der Waals surface area contributed by atoms with Gasteiger partial charge in [0.15, 0.2) is 5.92 Å². The fourth-order valence-corrected chi connectivity index (χ4v) is 0.370. The van der Waals surface area contributed by atoms with E-state index in [2.05, 4.69) is 0 Å². The van der Waals surface area contributed by atoms with E-state index >= 15 is 0 Å². The first-order chi connectivity index (χ1) is 5.28. The van der Waals surface area contributed by atoms with Crippen molar-refractivity contribution in [2.24, 2.45) is 5.92 Å². The number of rotatable bonds is 1. The van der Waals surface area contributed by atoms with E-state index in [1.165, 1.54) is 0 Å². The zero-order valence-corrected chi connectivity index (χ0v) is 5.44. The maximum atomic E-state index is 8.23. The Morgan fingerprint density at radius 1 is 1.00 bits per heavy atom. The van der Waals surface area contributed by atoms with E-state index in [0.717, 1.165) is 6.08 Å². The lowest BCUT2D eigenvalue weighted by molar-refractivity contribution is 1.08. The smallest absolute Gasteiger partial charge is 0.153 e. The zero-order valence-electron chi connectivity index (χ0n) is 5.44. The third-order valence-electron chi connectivity index (χ3n) is 0.852. The molecular formula is C7H2N4. The highest BCUT2D eigenvalue weighted by Gasteiger charge is 2.02. The average Bonchev–Trinajstić information content (AvgIpc) is 2.07. The number of nitriles is 4. The van der Waals surface area contributed by atoms with Gasteiger partial charge in [-0.2, -0.15) is 21.0 Å². The Bertz CT molecular complexity index is 295. The molecule has 0 aliphatic carbocycles. The summed E-state index contributed by atoms with van der Waals surface area (Å²) < 4.78 is 0. The van der Waals surface area contributed by atoms with Gasteiger partial charge in [0.1, 0.15) is 17.7 Å². The largest absolute Gasteiger partial charge is 0.197 e. The van der Waals surface area contributed by atoms with Crippen molar-refractivity contribution >= 4 is 0 Å². The average molecular weight is 142 g/mol. The number of allylic oxidation sites excluding steroid dienone is 2. The number of hydrogen-bond acceptors (Lipinski definition) is 4. The maximum absolute atomic E-state index is 8.23. The summed E-state index contributed by atoms with van der Waals surface area (Å²) in [4.78, 5) is 0. The Labute approximate surface area is 63.8 Å². The number of hydrogen-bond donors (Lipinski definition) is 0. The van der Waals surface area contributed by atoms with Crippen LogP contribution in [-0.2, 0) is 0 Å². The molecule has 0 amide bonds. The summed E-state index contributed by atoms with van der Waals surface area (Å²) in [5, 5.41) is 32.9. The molecule has 0 aromatic carbocycles. The molecule has 0 fully saturated rings. The van der Waals surface area contributed by atoms with Crippen LogP contribution in [0.5, 0.6) is 0 Å². The summed E-state index contributed by atoms with van der Waals surface area (Å²) in [5.41, 5.74) is -0.210. The first kappa shape index (κ1) is 8.70. The molecule has 4 heteroatoms. The standard InChI is InChI=1S/C7H2N4/c8-2-6(3-9)1-7(4-10)5-11/h1,6H. The van der Waals surface area contributed by atoms with Crippen molar-refractivity contribution in [3.8, 4) is 24.3 Å². The van der Waals surface area contributed by atoms with Crippen LogP contribution in [0.4, 0.5) is 0 Å². The maximum Gasteiger partial charge on any atom is 0.153 e. The van der Waals surface area contributed by atoms with E-state index < -0.39 is 5.92 Å². The Hall–Kier alpha value is -2.30. The molecule has 0 N–H and O–H groups in total. The van der Waals surface area contributed by atoms with Crippen LogP contribution in [0.15, 0.2) is 11.6 Å². The second-order valence-electron chi connectivity index (χ2n) is 1.54. The SMILES string of the molecule is N#CC(C#N)=CC(C#N)C#N. The van der Waals surface area contributed by atoms with Gasteiger partial charge >= 0.3 is 0 Å². The van der Waals surface area contributed by atoms with Gasteiger partial charge in [-0.25, -0.2) is 0 Å². The van der Waals surface area contributed by atoms with Crippen molar-refractivity contribution in [2.45, 2.75) is 0 Å². The molecule has 11 heavy (non-hydrogen) atoms. The van der Waals surface area contributed by atoms with Gasteiger partial charge in [-0.1, -0.05) is 0 Å². The van der Waals surface area contributed by atoms with Crippen molar-refractivity contribution in [1.29, 1.82) is 21.0 Å². The van der Waals surface area contributed by atoms with E-state index in [1.54, 1.807) is 24.3 Å². The zero-order chi connectivity index (χ0) is 8.69. The molecule has 0 rings (SSSR count).